The summed E-state index contributed by atoms with van der Waals surface area (Å²) in [5.74, 6) is -0.940. The van der Waals surface area contributed by atoms with E-state index in [-0.39, 0.29) is 35.9 Å². The second-order valence-corrected chi connectivity index (χ2v) is 11.3. The van der Waals surface area contributed by atoms with Gasteiger partial charge in [-0.2, -0.15) is 10.3 Å². The normalized spacial score (nSPS) is 10.1. The van der Waals surface area contributed by atoms with Gasteiger partial charge in [-0.25, -0.2) is 4.79 Å². The van der Waals surface area contributed by atoms with Crippen molar-refractivity contribution in [3.05, 3.63) is 119 Å². The molecule has 8 nitrogen and oxygen atoms in total. The van der Waals surface area contributed by atoms with Gasteiger partial charge >= 0.3 is 25.4 Å². The number of isothiocyanates is 2. The summed E-state index contributed by atoms with van der Waals surface area (Å²) in [7, 11) is 0. The fraction of sp³-hybridized carbons (Fsp3) is 0.242. The first kappa shape index (κ1) is 40.0. The van der Waals surface area contributed by atoms with E-state index in [1.807, 2.05) is 30.6 Å². The number of carboxylic acid groups (broad SMARTS) is 1. The Morgan fingerprint density at radius 1 is 0.773 bits per heavy atom. The van der Waals surface area contributed by atoms with Crippen molar-refractivity contribution >= 4 is 52.6 Å². The third kappa shape index (κ3) is 15.0. The molecule has 0 aliphatic carbocycles. The molecular formula is C33H34N6O2RuS2. The van der Waals surface area contributed by atoms with Gasteiger partial charge in [0, 0.05) is 18.6 Å². The number of thiocarbonyl (C=S) groups is 2. The van der Waals surface area contributed by atoms with Crippen molar-refractivity contribution in [2.75, 3.05) is 0 Å². The van der Waals surface area contributed by atoms with Crippen LogP contribution in [0.25, 0.3) is 22.2 Å². The largest absolute Gasteiger partial charge is 2.00 e. The van der Waals surface area contributed by atoms with Crippen LogP contribution in [0.15, 0.2) is 90.3 Å². The zero-order valence-corrected chi connectivity index (χ0v) is 28.7. The molecule has 4 aromatic rings. The number of benzene rings is 1. The molecule has 0 bridgehead atoms. The summed E-state index contributed by atoms with van der Waals surface area (Å²) in [4.78, 5) is 27.9. The fourth-order valence-electron chi connectivity index (χ4n) is 3.36. The average Bonchev–Trinajstić information content (AvgIpc) is 2.97. The Bertz CT molecular complexity index is 1490. The maximum absolute atomic E-state index is 10.6. The topological polar surface area (TPSA) is 133 Å². The van der Waals surface area contributed by atoms with Crippen molar-refractivity contribution < 1.29 is 29.4 Å². The van der Waals surface area contributed by atoms with Crippen LogP contribution < -0.4 is 0 Å². The molecule has 1 aromatic carbocycles. The minimum absolute atomic E-state index is 0. The summed E-state index contributed by atoms with van der Waals surface area (Å²) in [6.07, 6.45) is 7.08. The zero-order chi connectivity index (χ0) is 32.5. The van der Waals surface area contributed by atoms with E-state index in [4.69, 9.17) is 15.9 Å². The Labute approximate surface area is 282 Å². The van der Waals surface area contributed by atoms with Crippen molar-refractivity contribution in [3.8, 4) is 11.4 Å². The van der Waals surface area contributed by atoms with E-state index >= 15 is 0 Å². The number of hydrogen-bond acceptors (Lipinski definition) is 7. The predicted octanol–water partition coefficient (Wildman–Crippen LogP) is 8.58. The van der Waals surface area contributed by atoms with Gasteiger partial charge in [-0.3, -0.25) is 19.9 Å². The van der Waals surface area contributed by atoms with Crippen molar-refractivity contribution in [1.82, 2.24) is 15.0 Å². The Morgan fingerprint density at radius 3 is 1.59 bits per heavy atom. The minimum atomic E-state index is -0.940. The van der Waals surface area contributed by atoms with Crippen molar-refractivity contribution in [2.24, 2.45) is 4.99 Å². The predicted molar refractivity (Wildman–Crippen MR) is 182 cm³/mol. The number of hydrogen-bond donors (Lipinski definition) is 1. The van der Waals surface area contributed by atoms with Crippen LogP contribution in [0.2, 0.25) is 0 Å². The average molecular weight is 712 g/mol. The third-order valence-corrected chi connectivity index (χ3v) is 5.66. The minimum Gasteiger partial charge on any atom is -0.753 e. The van der Waals surface area contributed by atoms with Gasteiger partial charge in [0.2, 0.25) is 0 Å². The monoisotopic (exact) mass is 712 g/mol. The molecule has 44 heavy (non-hydrogen) atoms. The molecule has 0 unspecified atom stereocenters. The second-order valence-electron chi connectivity index (χ2n) is 10.9. The SMILES string of the molecule is CC(C)(C)c1ccnc(-c2cc(C(C)(C)C)ccn2)c1.O=C(O)c1ccc(N=Cc2ccccn2)cc1.[N-]=C=S.[N-]=C=S.[Ru+2]. The third-order valence-electron chi connectivity index (χ3n) is 5.66. The number of carbonyl (C=O) groups is 1. The molecule has 3 aromatic heterocycles. The summed E-state index contributed by atoms with van der Waals surface area (Å²) in [6.45, 7) is 13.3. The summed E-state index contributed by atoms with van der Waals surface area (Å²) >= 11 is 7.40. The Morgan fingerprint density at radius 2 is 1.23 bits per heavy atom. The molecule has 3 heterocycles. The smallest absolute Gasteiger partial charge is 0.753 e. The number of aromatic nitrogens is 3. The number of nitrogens with zero attached hydrogens (tertiary/aromatic N) is 6. The Hall–Kier alpha value is -3.97. The molecule has 0 atom stereocenters. The Balaban J connectivity index is 0.000000705. The van der Waals surface area contributed by atoms with Gasteiger partial charge in [0.05, 0.1) is 34.5 Å². The second kappa shape index (κ2) is 20.1. The number of rotatable bonds is 4. The van der Waals surface area contributed by atoms with E-state index in [0.717, 1.165) is 17.1 Å². The standard InChI is InChI=1S/C18H24N2.C13H10N2O2.2CNS.Ru/c1-17(2,3)13-7-9-19-15(11-13)16-12-14(8-10-20-16)18(4,5)6;16-13(17)10-4-6-11(7-5-10)15-9-12-3-1-2-8-14-12;2*2-1-3;/h7-12H,1-6H3;1-9H,(H,16,17);;;/q;;2*-1;+2. The Kier molecular flexibility index (Phi) is 18.3. The van der Waals surface area contributed by atoms with Crippen LogP contribution in [0.4, 0.5) is 5.69 Å². The fourth-order valence-corrected chi connectivity index (χ4v) is 3.36. The molecule has 0 saturated heterocycles. The summed E-state index contributed by atoms with van der Waals surface area (Å²) in [5, 5.41) is 25.7. The number of carboxylic acids is 1. The first-order valence-corrected chi connectivity index (χ1v) is 13.8. The summed E-state index contributed by atoms with van der Waals surface area (Å²) < 4.78 is 0. The molecule has 4 rings (SSSR count). The van der Waals surface area contributed by atoms with E-state index < -0.39 is 5.97 Å². The molecule has 0 aliphatic rings. The summed E-state index contributed by atoms with van der Waals surface area (Å²) in [5.41, 5.74) is 6.42. The van der Waals surface area contributed by atoms with Crippen LogP contribution in [-0.4, -0.2) is 42.6 Å². The van der Waals surface area contributed by atoms with Crippen molar-refractivity contribution in [1.29, 1.82) is 0 Å². The number of aromatic carboxylic acids is 1. The molecule has 0 fully saturated rings. The van der Waals surface area contributed by atoms with E-state index in [9.17, 15) is 4.79 Å². The van der Waals surface area contributed by atoms with Crippen molar-refractivity contribution in [3.63, 3.8) is 0 Å². The maximum atomic E-state index is 10.6. The number of pyridine rings is 3. The molecule has 0 saturated carbocycles. The van der Waals surface area contributed by atoms with E-state index in [2.05, 4.69) is 110 Å². The van der Waals surface area contributed by atoms with Gasteiger partial charge in [0.1, 0.15) is 0 Å². The van der Waals surface area contributed by atoms with Crippen LogP contribution >= 0.6 is 24.4 Å². The van der Waals surface area contributed by atoms with Crippen LogP contribution in [0.1, 0.15) is 68.7 Å². The van der Waals surface area contributed by atoms with Crippen LogP contribution in [0, 0.1) is 0 Å². The van der Waals surface area contributed by atoms with Gasteiger partial charge in [-0.1, -0.05) is 72.0 Å². The van der Waals surface area contributed by atoms with Gasteiger partial charge in [0.25, 0.3) is 0 Å². The zero-order valence-electron chi connectivity index (χ0n) is 25.4. The van der Waals surface area contributed by atoms with Gasteiger partial charge in [-0.15, -0.1) is 0 Å². The van der Waals surface area contributed by atoms with E-state index in [1.165, 1.54) is 33.6 Å². The molecular weight excluding hydrogens is 678 g/mol. The molecule has 11 heteroatoms. The molecule has 0 amide bonds. The quantitative estimate of drug-likeness (QED) is 0.127. The number of aliphatic imine (C=N–C) groups is 1. The van der Waals surface area contributed by atoms with Crippen LogP contribution in [-0.2, 0) is 30.3 Å². The van der Waals surface area contributed by atoms with Crippen LogP contribution in [0.5, 0.6) is 0 Å². The van der Waals surface area contributed by atoms with E-state index in [1.54, 1.807) is 24.5 Å². The van der Waals surface area contributed by atoms with Gasteiger partial charge < -0.3 is 15.9 Å². The first-order valence-electron chi connectivity index (χ1n) is 13.0. The van der Waals surface area contributed by atoms with Gasteiger partial charge in [0.15, 0.2) is 0 Å². The molecule has 0 radical (unpaired) electrons. The van der Waals surface area contributed by atoms with Crippen LogP contribution in [0.3, 0.4) is 0 Å². The first-order chi connectivity index (χ1) is 20.3. The molecule has 0 aliphatic heterocycles. The van der Waals surface area contributed by atoms with Gasteiger partial charge in [-0.05, 0) is 82.6 Å². The van der Waals surface area contributed by atoms with E-state index in [0.29, 0.717) is 5.69 Å². The summed E-state index contributed by atoms with van der Waals surface area (Å²) in [6, 6.07) is 20.4. The molecule has 228 valence electrons. The van der Waals surface area contributed by atoms with Crippen molar-refractivity contribution in [2.45, 2.75) is 52.4 Å². The molecule has 0 spiro atoms. The molecule has 1 N–H and O–H groups in total. The maximum Gasteiger partial charge on any atom is 2.00 e.